The molecule has 0 saturated carbocycles. The number of aliphatic carboxylic acids is 1. The van der Waals surface area contributed by atoms with Crippen molar-refractivity contribution >= 4 is 17.7 Å². The Morgan fingerprint density at radius 2 is 2.06 bits per heavy atom. The van der Waals surface area contributed by atoms with E-state index in [1.807, 2.05) is 45.0 Å². The van der Waals surface area contributed by atoms with Gasteiger partial charge in [-0.05, 0) is 24.5 Å². The van der Waals surface area contributed by atoms with Gasteiger partial charge in [-0.15, -0.1) is 11.8 Å². The van der Waals surface area contributed by atoms with Crippen molar-refractivity contribution in [2.75, 3.05) is 0 Å². The summed E-state index contributed by atoms with van der Waals surface area (Å²) >= 11 is 1.46. The predicted octanol–water partition coefficient (Wildman–Crippen LogP) is 3.59. The van der Waals surface area contributed by atoms with Gasteiger partial charge in [0, 0.05) is 4.90 Å². The highest BCUT2D eigenvalue weighted by atomic mass is 32.2. The van der Waals surface area contributed by atoms with Gasteiger partial charge in [0.25, 0.3) is 0 Å². The maximum Gasteiger partial charge on any atom is 0.317 e. The van der Waals surface area contributed by atoms with Crippen LogP contribution in [0.4, 0.5) is 0 Å². The molecule has 0 fully saturated rings. The van der Waals surface area contributed by atoms with Crippen LogP contribution in [0.5, 0.6) is 0 Å². The lowest BCUT2D eigenvalue weighted by atomic mass is 10.1. The third-order valence-corrected chi connectivity index (χ3v) is 4.38. The van der Waals surface area contributed by atoms with Crippen LogP contribution in [0.2, 0.25) is 0 Å². The van der Waals surface area contributed by atoms with Gasteiger partial charge >= 0.3 is 5.97 Å². The standard InChI is InChI=1S/C13H18O2S/c1-4-9(2)12(13(14)15)16-11-8-6-5-7-10(11)3/h5-9,12H,4H2,1-3H3,(H,14,15). The molecule has 0 radical (unpaired) electrons. The second-order valence-corrected chi connectivity index (χ2v) is 5.21. The molecule has 1 aromatic rings. The molecule has 0 aliphatic rings. The van der Waals surface area contributed by atoms with E-state index in [4.69, 9.17) is 0 Å². The van der Waals surface area contributed by atoms with Crippen LogP contribution in [-0.2, 0) is 4.79 Å². The molecule has 2 atom stereocenters. The number of hydrogen-bond acceptors (Lipinski definition) is 2. The molecule has 1 rings (SSSR count). The van der Waals surface area contributed by atoms with Crippen LogP contribution in [0.15, 0.2) is 29.2 Å². The minimum Gasteiger partial charge on any atom is -0.480 e. The van der Waals surface area contributed by atoms with Crippen LogP contribution < -0.4 is 0 Å². The van der Waals surface area contributed by atoms with E-state index in [9.17, 15) is 9.90 Å². The SMILES string of the molecule is CCC(C)C(Sc1ccccc1C)C(=O)O. The third kappa shape index (κ3) is 3.27. The zero-order valence-electron chi connectivity index (χ0n) is 9.93. The summed E-state index contributed by atoms with van der Waals surface area (Å²) in [7, 11) is 0. The molecule has 0 heterocycles. The Balaban J connectivity index is 2.84. The fraction of sp³-hybridized carbons (Fsp3) is 0.462. The quantitative estimate of drug-likeness (QED) is 0.797. The van der Waals surface area contributed by atoms with Gasteiger partial charge in [-0.25, -0.2) is 0 Å². The molecule has 1 aromatic carbocycles. The second-order valence-electron chi connectivity index (χ2n) is 4.03. The molecular formula is C13H18O2S. The fourth-order valence-electron chi connectivity index (χ4n) is 1.45. The van der Waals surface area contributed by atoms with Crippen molar-refractivity contribution in [3.63, 3.8) is 0 Å². The molecule has 1 N–H and O–H groups in total. The topological polar surface area (TPSA) is 37.3 Å². The number of carbonyl (C=O) groups is 1. The average Bonchev–Trinajstić information content (AvgIpc) is 2.26. The van der Waals surface area contributed by atoms with E-state index in [2.05, 4.69) is 0 Å². The van der Waals surface area contributed by atoms with Crippen LogP contribution in [-0.4, -0.2) is 16.3 Å². The summed E-state index contributed by atoms with van der Waals surface area (Å²) in [4.78, 5) is 12.3. The summed E-state index contributed by atoms with van der Waals surface area (Å²) in [5.41, 5.74) is 1.14. The summed E-state index contributed by atoms with van der Waals surface area (Å²) < 4.78 is 0. The maximum absolute atomic E-state index is 11.2. The number of thioether (sulfide) groups is 1. The summed E-state index contributed by atoms with van der Waals surface area (Å²) in [6.45, 7) is 6.03. The minimum atomic E-state index is -0.720. The molecule has 2 nitrogen and oxygen atoms in total. The molecule has 0 spiro atoms. The summed E-state index contributed by atoms with van der Waals surface area (Å²) in [5, 5.41) is 8.85. The first-order chi connectivity index (χ1) is 7.56. The molecule has 88 valence electrons. The lowest BCUT2D eigenvalue weighted by Gasteiger charge is -2.18. The molecule has 3 heteroatoms. The zero-order valence-corrected chi connectivity index (χ0v) is 10.8. The number of benzene rings is 1. The van der Waals surface area contributed by atoms with Gasteiger partial charge in [-0.1, -0.05) is 38.5 Å². The third-order valence-electron chi connectivity index (χ3n) is 2.75. The number of aryl methyl sites for hydroxylation is 1. The summed E-state index contributed by atoms with van der Waals surface area (Å²) in [6.07, 6.45) is 0.885. The van der Waals surface area contributed by atoms with Gasteiger partial charge in [0.05, 0.1) is 0 Å². The van der Waals surface area contributed by atoms with Crippen molar-refractivity contribution in [2.24, 2.45) is 5.92 Å². The van der Waals surface area contributed by atoms with E-state index in [0.29, 0.717) is 0 Å². The summed E-state index contributed by atoms with van der Waals surface area (Å²) in [6, 6.07) is 7.92. The lowest BCUT2D eigenvalue weighted by molar-refractivity contribution is -0.137. The molecule has 0 bridgehead atoms. The van der Waals surface area contributed by atoms with Crippen molar-refractivity contribution in [2.45, 2.75) is 37.3 Å². The van der Waals surface area contributed by atoms with Crippen LogP contribution in [0.3, 0.4) is 0 Å². The Hall–Kier alpha value is -0.960. The molecule has 2 unspecified atom stereocenters. The van der Waals surface area contributed by atoms with Gasteiger partial charge in [0.2, 0.25) is 0 Å². The smallest absolute Gasteiger partial charge is 0.317 e. The van der Waals surface area contributed by atoms with Gasteiger partial charge in [-0.2, -0.15) is 0 Å². The Morgan fingerprint density at radius 3 is 2.56 bits per heavy atom. The highest BCUT2D eigenvalue weighted by Crippen LogP contribution is 2.31. The van der Waals surface area contributed by atoms with E-state index in [-0.39, 0.29) is 11.2 Å². The Bertz CT molecular complexity index is 363. The van der Waals surface area contributed by atoms with Crippen molar-refractivity contribution in [3.8, 4) is 0 Å². The van der Waals surface area contributed by atoms with Gasteiger partial charge < -0.3 is 5.11 Å². The lowest BCUT2D eigenvalue weighted by Crippen LogP contribution is -2.24. The molecule has 0 aromatic heterocycles. The first kappa shape index (κ1) is 13.1. The Kier molecular flexibility index (Phi) is 4.87. The molecule has 0 saturated heterocycles. The van der Waals surface area contributed by atoms with E-state index < -0.39 is 5.97 Å². The van der Waals surface area contributed by atoms with Crippen LogP contribution in [0.1, 0.15) is 25.8 Å². The number of carboxylic acids is 1. The van der Waals surface area contributed by atoms with E-state index in [1.54, 1.807) is 0 Å². The van der Waals surface area contributed by atoms with E-state index in [1.165, 1.54) is 11.8 Å². The average molecular weight is 238 g/mol. The summed E-state index contributed by atoms with van der Waals surface area (Å²) in [5.74, 6) is -0.537. The highest BCUT2D eigenvalue weighted by molar-refractivity contribution is 8.00. The highest BCUT2D eigenvalue weighted by Gasteiger charge is 2.24. The van der Waals surface area contributed by atoms with Gasteiger partial charge in [0.15, 0.2) is 0 Å². The van der Waals surface area contributed by atoms with Gasteiger partial charge in [-0.3, -0.25) is 4.79 Å². The van der Waals surface area contributed by atoms with Crippen LogP contribution in [0, 0.1) is 12.8 Å². The molecule has 0 amide bonds. The maximum atomic E-state index is 11.2. The number of carboxylic acid groups (broad SMARTS) is 1. The number of rotatable bonds is 5. The largest absolute Gasteiger partial charge is 0.480 e. The fourth-order valence-corrected chi connectivity index (χ4v) is 2.66. The monoisotopic (exact) mass is 238 g/mol. The number of hydrogen-bond donors (Lipinski definition) is 1. The van der Waals surface area contributed by atoms with E-state index in [0.717, 1.165) is 16.9 Å². The zero-order chi connectivity index (χ0) is 12.1. The first-order valence-corrected chi connectivity index (χ1v) is 6.39. The molecule has 0 aliphatic heterocycles. The molecule has 16 heavy (non-hydrogen) atoms. The normalized spacial score (nSPS) is 14.4. The van der Waals surface area contributed by atoms with Crippen molar-refractivity contribution in [1.82, 2.24) is 0 Å². The Morgan fingerprint density at radius 1 is 1.44 bits per heavy atom. The van der Waals surface area contributed by atoms with Crippen LogP contribution >= 0.6 is 11.8 Å². The first-order valence-electron chi connectivity index (χ1n) is 5.51. The van der Waals surface area contributed by atoms with E-state index >= 15 is 0 Å². The van der Waals surface area contributed by atoms with Crippen molar-refractivity contribution in [3.05, 3.63) is 29.8 Å². The van der Waals surface area contributed by atoms with Crippen molar-refractivity contribution < 1.29 is 9.90 Å². The Labute approximate surface area is 101 Å². The second kappa shape index (κ2) is 5.94. The molecular weight excluding hydrogens is 220 g/mol. The minimum absolute atomic E-state index is 0.183. The molecule has 0 aliphatic carbocycles. The van der Waals surface area contributed by atoms with Gasteiger partial charge in [0.1, 0.15) is 5.25 Å². The van der Waals surface area contributed by atoms with Crippen LogP contribution in [0.25, 0.3) is 0 Å². The predicted molar refractivity (Wildman–Crippen MR) is 67.9 cm³/mol. The van der Waals surface area contributed by atoms with Crippen molar-refractivity contribution in [1.29, 1.82) is 0 Å².